The van der Waals surface area contributed by atoms with Gasteiger partial charge in [-0.1, -0.05) is 12.2 Å². The van der Waals surface area contributed by atoms with E-state index in [1.807, 2.05) is 6.92 Å². The van der Waals surface area contributed by atoms with Gasteiger partial charge < -0.3 is 4.74 Å². The molecule has 0 amide bonds. The molecule has 0 fully saturated rings. The SMILES string of the molecule is C=C(C)COCN=C=O. The standard InChI is InChI=1S/C6H9NO2/c1-6(2)3-9-5-7-4-8/h1,3,5H2,2H3. The van der Waals surface area contributed by atoms with Gasteiger partial charge in [-0.05, 0) is 6.92 Å². The van der Waals surface area contributed by atoms with Gasteiger partial charge in [-0.3, -0.25) is 0 Å². The molecule has 0 bridgehead atoms. The summed E-state index contributed by atoms with van der Waals surface area (Å²) in [7, 11) is 0. The highest BCUT2D eigenvalue weighted by atomic mass is 16.5. The zero-order chi connectivity index (χ0) is 7.11. The van der Waals surface area contributed by atoms with Crippen LogP contribution in [0.15, 0.2) is 17.1 Å². The van der Waals surface area contributed by atoms with Crippen molar-refractivity contribution < 1.29 is 9.53 Å². The molecule has 0 saturated carbocycles. The van der Waals surface area contributed by atoms with Crippen LogP contribution in [0, 0.1) is 0 Å². The van der Waals surface area contributed by atoms with Crippen molar-refractivity contribution in [1.82, 2.24) is 0 Å². The van der Waals surface area contributed by atoms with Crippen molar-refractivity contribution in [3.63, 3.8) is 0 Å². The van der Waals surface area contributed by atoms with E-state index in [1.54, 1.807) is 0 Å². The summed E-state index contributed by atoms with van der Waals surface area (Å²) in [6.07, 6.45) is 1.36. The molecule has 9 heavy (non-hydrogen) atoms. The third kappa shape index (κ3) is 7.08. The number of ether oxygens (including phenoxy) is 1. The van der Waals surface area contributed by atoms with Crippen molar-refractivity contribution in [2.24, 2.45) is 4.99 Å². The lowest BCUT2D eigenvalue weighted by molar-refractivity contribution is 0.165. The van der Waals surface area contributed by atoms with Crippen molar-refractivity contribution in [2.75, 3.05) is 13.3 Å². The van der Waals surface area contributed by atoms with Gasteiger partial charge in [-0.15, -0.1) is 0 Å². The van der Waals surface area contributed by atoms with Crippen LogP contribution in [0.2, 0.25) is 0 Å². The third-order valence-corrected chi connectivity index (χ3v) is 0.569. The van der Waals surface area contributed by atoms with Crippen LogP contribution in [-0.2, 0) is 9.53 Å². The molecule has 0 saturated heterocycles. The van der Waals surface area contributed by atoms with E-state index in [0.29, 0.717) is 6.61 Å². The second-order valence-corrected chi connectivity index (χ2v) is 1.68. The lowest BCUT2D eigenvalue weighted by atomic mass is 10.4. The van der Waals surface area contributed by atoms with Gasteiger partial charge in [-0.2, -0.15) is 4.99 Å². The minimum absolute atomic E-state index is 0.0797. The van der Waals surface area contributed by atoms with Crippen LogP contribution in [-0.4, -0.2) is 19.4 Å². The normalized spacial score (nSPS) is 8.11. The Morgan fingerprint density at radius 2 is 2.56 bits per heavy atom. The number of nitrogens with zero attached hydrogens (tertiary/aromatic N) is 1. The van der Waals surface area contributed by atoms with Gasteiger partial charge in [0.25, 0.3) is 0 Å². The summed E-state index contributed by atoms with van der Waals surface area (Å²) < 4.78 is 4.81. The Hall–Kier alpha value is -0.920. The van der Waals surface area contributed by atoms with Crippen LogP contribution >= 0.6 is 0 Å². The van der Waals surface area contributed by atoms with Crippen LogP contribution in [0.4, 0.5) is 0 Å². The van der Waals surface area contributed by atoms with E-state index in [-0.39, 0.29) is 6.73 Å². The highest BCUT2D eigenvalue weighted by molar-refractivity contribution is 5.32. The van der Waals surface area contributed by atoms with Crippen molar-refractivity contribution in [3.8, 4) is 0 Å². The molecule has 0 aromatic heterocycles. The molecule has 0 aliphatic heterocycles. The van der Waals surface area contributed by atoms with Gasteiger partial charge in [0, 0.05) is 0 Å². The second-order valence-electron chi connectivity index (χ2n) is 1.68. The van der Waals surface area contributed by atoms with Gasteiger partial charge in [-0.25, -0.2) is 4.79 Å². The van der Waals surface area contributed by atoms with Gasteiger partial charge >= 0.3 is 0 Å². The van der Waals surface area contributed by atoms with E-state index in [9.17, 15) is 4.79 Å². The van der Waals surface area contributed by atoms with E-state index >= 15 is 0 Å². The van der Waals surface area contributed by atoms with Crippen molar-refractivity contribution in [3.05, 3.63) is 12.2 Å². The minimum Gasteiger partial charge on any atom is -0.354 e. The van der Waals surface area contributed by atoms with E-state index in [0.717, 1.165) is 5.57 Å². The topological polar surface area (TPSA) is 38.7 Å². The fourth-order valence-corrected chi connectivity index (χ4v) is 0.292. The second kappa shape index (κ2) is 5.22. The lowest BCUT2D eigenvalue weighted by Gasteiger charge is -1.95. The van der Waals surface area contributed by atoms with Crippen LogP contribution in [0.5, 0.6) is 0 Å². The van der Waals surface area contributed by atoms with Crippen LogP contribution < -0.4 is 0 Å². The largest absolute Gasteiger partial charge is 0.354 e. The summed E-state index contributed by atoms with van der Waals surface area (Å²) >= 11 is 0. The maximum atomic E-state index is 9.46. The molecular formula is C6H9NO2. The Morgan fingerprint density at radius 3 is 3.00 bits per heavy atom. The molecule has 0 heterocycles. The quantitative estimate of drug-likeness (QED) is 0.243. The molecule has 0 atom stereocenters. The molecule has 0 radical (unpaired) electrons. The summed E-state index contributed by atoms with van der Waals surface area (Å²) in [5, 5.41) is 0. The monoisotopic (exact) mass is 127 g/mol. The van der Waals surface area contributed by atoms with Crippen molar-refractivity contribution in [1.29, 1.82) is 0 Å². The maximum Gasteiger partial charge on any atom is 0.237 e. The average Bonchev–Trinajstić information content (AvgIpc) is 1.80. The zero-order valence-electron chi connectivity index (χ0n) is 5.39. The van der Waals surface area contributed by atoms with Gasteiger partial charge in [0.1, 0.15) is 6.73 Å². The summed E-state index contributed by atoms with van der Waals surface area (Å²) in [4.78, 5) is 12.6. The van der Waals surface area contributed by atoms with Crippen LogP contribution in [0.25, 0.3) is 0 Å². The lowest BCUT2D eigenvalue weighted by Crippen LogP contribution is -1.93. The molecular weight excluding hydrogens is 118 g/mol. The molecule has 3 heteroatoms. The highest BCUT2D eigenvalue weighted by Gasteiger charge is 1.82. The zero-order valence-corrected chi connectivity index (χ0v) is 5.39. The average molecular weight is 127 g/mol. The number of hydrogen-bond acceptors (Lipinski definition) is 3. The van der Waals surface area contributed by atoms with E-state index in [2.05, 4.69) is 11.6 Å². The molecule has 50 valence electrons. The van der Waals surface area contributed by atoms with E-state index in [4.69, 9.17) is 4.74 Å². The molecule has 0 spiro atoms. The third-order valence-electron chi connectivity index (χ3n) is 0.569. The molecule has 3 nitrogen and oxygen atoms in total. The van der Waals surface area contributed by atoms with E-state index < -0.39 is 0 Å². The fraction of sp³-hybridized carbons (Fsp3) is 0.500. The first-order chi connectivity index (χ1) is 4.27. The van der Waals surface area contributed by atoms with Crippen molar-refractivity contribution >= 4 is 6.08 Å². The number of rotatable bonds is 4. The van der Waals surface area contributed by atoms with E-state index in [1.165, 1.54) is 6.08 Å². The Labute approximate surface area is 54.0 Å². The summed E-state index contributed by atoms with van der Waals surface area (Å²) in [5.41, 5.74) is 0.913. The predicted molar refractivity (Wildman–Crippen MR) is 33.8 cm³/mol. The Morgan fingerprint density at radius 1 is 1.89 bits per heavy atom. The highest BCUT2D eigenvalue weighted by Crippen LogP contribution is 1.86. The van der Waals surface area contributed by atoms with Crippen LogP contribution in [0.3, 0.4) is 0 Å². The first-order valence-corrected chi connectivity index (χ1v) is 2.53. The van der Waals surface area contributed by atoms with Crippen LogP contribution in [0.1, 0.15) is 6.92 Å². The number of aliphatic imine (C=N–C) groups is 1. The first kappa shape index (κ1) is 8.08. The summed E-state index contributed by atoms with van der Waals surface area (Å²) in [5.74, 6) is 0. The Balaban J connectivity index is 3.10. The van der Waals surface area contributed by atoms with Crippen molar-refractivity contribution in [2.45, 2.75) is 6.92 Å². The number of carbonyl (C=O) groups excluding carboxylic acids is 1. The predicted octanol–water partition coefficient (Wildman–Crippen LogP) is 0.872. The number of hydrogen-bond donors (Lipinski definition) is 0. The summed E-state index contributed by atoms with van der Waals surface area (Å²) in [6, 6.07) is 0. The smallest absolute Gasteiger partial charge is 0.237 e. The van der Waals surface area contributed by atoms with Gasteiger partial charge in [0.05, 0.1) is 6.61 Å². The Bertz CT molecular complexity index is 134. The summed E-state index contributed by atoms with van der Waals surface area (Å²) in [6.45, 7) is 5.95. The first-order valence-electron chi connectivity index (χ1n) is 2.53. The maximum absolute atomic E-state index is 9.46. The molecule has 0 aliphatic carbocycles. The molecule has 0 N–H and O–H groups in total. The molecule has 0 rings (SSSR count). The molecule has 0 unspecified atom stereocenters. The molecule has 0 aromatic rings. The fourth-order valence-electron chi connectivity index (χ4n) is 0.292. The number of isocyanates is 1. The Kier molecular flexibility index (Phi) is 4.69. The minimum atomic E-state index is 0.0797. The molecule has 0 aromatic carbocycles. The molecule has 0 aliphatic rings. The van der Waals surface area contributed by atoms with Gasteiger partial charge in [0.15, 0.2) is 0 Å². The van der Waals surface area contributed by atoms with Gasteiger partial charge in [0.2, 0.25) is 6.08 Å².